The molecule has 148 valence electrons. The number of rotatable bonds is 10. The minimum Gasteiger partial charge on any atom is -0.494 e. The predicted octanol–water partition coefficient (Wildman–Crippen LogP) is 3.16. The summed E-state index contributed by atoms with van der Waals surface area (Å²) in [6.07, 6.45) is 0.520. The van der Waals surface area contributed by atoms with Crippen LogP contribution in [0.3, 0.4) is 0 Å². The number of Topliss-reactive ketones (excluding diaryl/α,β-unsaturated/α-hetero) is 1. The fourth-order valence-electron chi connectivity index (χ4n) is 2.37. The number of carbonyl (C=O) groups is 3. The van der Waals surface area contributed by atoms with Crippen molar-refractivity contribution < 1.29 is 28.2 Å². The van der Waals surface area contributed by atoms with Gasteiger partial charge < -0.3 is 14.8 Å². The Morgan fingerprint density at radius 2 is 1.61 bits per heavy atom. The average Bonchev–Trinajstić information content (AvgIpc) is 2.70. The Kier molecular flexibility index (Phi) is 8.14. The second-order valence-corrected chi connectivity index (χ2v) is 5.89. The molecule has 0 saturated heterocycles. The predicted molar refractivity (Wildman–Crippen MR) is 101 cm³/mol. The molecule has 0 aliphatic heterocycles. The molecule has 7 heteroatoms. The molecule has 0 radical (unpaired) electrons. The van der Waals surface area contributed by atoms with Crippen LogP contribution in [-0.4, -0.2) is 37.4 Å². The van der Waals surface area contributed by atoms with Crippen LogP contribution in [0.1, 0.15) is 40.5 Å². The average molecular weight is 387 g/mol. The first-order chi connectivity index (χ1) is 13.5. The fourth-order valence-corrected chi connectivity index (χ4v) is 2.37. The minimum atomic E-state index is -0.589. The smallest absolute Gasteiger partial charge is 0.325 e. The van der Waals surface area contributed by atoms with Crippen LogP contribution in [0.5, 0.6) is 5.75 Å². The molecule has 2 aromatic carbocycles. The molecule has 0 atom stereocenters. The van der Waals surface area contributed by atoms with Crippen LogP contribution in [0.4, 0.5) is 4.39 Å². The Hall–Kier alpha value is -3.22. The van der Waals surface area contributed by atoms with Gasteiger partial charge in [-0.25, -0.2) is 4.39 Å². The first-order valence-electron chi connectivity index (χ1n) is 8.95. The maximum Gasteiger partial charge on any atom is 0.325 e. The van der Waals surface area contributed by atoms with Gasteiger partial charge in [0.15, 0.2) is 5.78 Å². The first-order valence-corrected chi connectivity index (χ1v) is 8.95. The highest BCUT2D eigenvalue weighted by Gasteiger charge is 2.10. The number of amides is 1. The van der Waals surface area contributed by atoms with Gasteiger partial charge in [-0.05, 0) is 61.9 Å². The highest BCUT2D eigenvalue weighted by Crippen LogP contribution is 2.12. The number of ether oxygens (including phenoxy) is 2. The van der Waals surface area contributed by atoms with Crippen LogP contribution in [0, 0.1) is 5.82 Å². The minimum absolute atomic E-state index is 0.0602. The molecule has 2 aromatic rings. The van der Waals surface area contributed by atoms with Gasteiger partial charge >= 0.3 is 5.97 Å². The van der Waals surface area contributed by atoms with Gasteiger partial charge in [0, 0.05) is 17.5 Å². The van der Waals surface area contributed by atoms with Gasteiger partial charge in [-0.2, -0.15) is 0 Å². The molecule has 0 fully saturated rings. The van der Waals surface area contributed by atoms with Crippen LogP contribution in [-0.2, 0) is 9.53 Å². The van der Waals surface area contributed by atoms with Crippen molar-refractivity contribution in [1.82, 2.24) is 5.32 Å². The zero-order valence-electron chi connectivity index (χ0n) is 15.6. The molecule has 0 aliphatic carbocycles. The van der Waals surface area contributed by atoms with Crippen molar-refractivity contribution in [2.45, 2.75) is 19.8 Å². The van der Waals surface area contributed by atoms with Gasteiger partial charge in [-0.1, -0.05) is 0 Å². The molecule has 1 N–H and O–H groups in total. The van der Waals surface area contributed by atoms with Crippen LogP contribution < -0.4 is 10.1 Å². The molecule has 0 saturated carbocycles. The normalized spacial score (nSPS) is 10.2. The Balaban J connectivity index is 1.64. The molecule has 28 heavy (non-hydrogen) atoms. The topological polar surface area (TPSA) is 81.7 Å². The number of esters is 1. The number of benzene rings is 2. The number of halogens is 1. The third-order valence-electron chi connectivity index (χ3n) is 3.80. The van der Waals surface area contributed by atoms with Crippen molar-refractivity contribution in [3.05, 3.63) is 65.5 Å². The monoisotopic (exact) mass is 387 g/mol. The van der Waals surface area contributed by atoms with E-state index in [0.29, 0.717) is 29.9 Å². The maximum atomic E-state index is 12.8. The van der Waals surface area contributed by atoms with Gasteiger partial charge in [-0.3, -0.25) is 14.4 Å². The zero-order valence-corrected chi connectivity index (χ0v) is 15.6. The van der Waals surface area contributed by atoms with Crippen LogP contribution in [0.25, 0.3) is 0 Å². The molecule has 2 rings (SSSR count). The summed E-state index contributed by atoms with van der Waals surface area (Å²) in [5.74, 6) is -0.883. The maximum absolute atomic E-state index is 12.8. The van der Waals surface area contributed by atoms with Gasteiger partial charge in [0.25, 0.3) is 5.91 Å². The third kappa shape index (κ3) is 6.83. The van der Waals surface area contributed by atoms with E-state index in [4.69, 9.17) is 9.47 Å². The Morgan fingerprint density at radius 1 is 0.964 bits per heavy atom. The first kappa shape index (κ1) is 21.1. The standard InChI is InChI=1S/C21H22FNO5/c1-2-27-18-11-7-16(8-12-18)21(26)23-14-20(25)28-13-3-4-19(24)15-5-9-17(22)10-6-15/h5-12H,2-4,13-14H2,1H3,(H,23,26). The van der Waals surface area contributed by atoms with E-state index in [9.17, 15) is 18.8 Å². The van der Waals surface area contributed by atoms with E-state index in [1.165, 1.54) is 24.3 Å². The lowest BCUT2D eigenvalue weighted by molar-refractivity contribution is -0.142. The van der Waals surface area contributed by atoms with E-state index < -0.39 is 17.7 Å². The van der Waals surface area contributed by atoms with Crippen LogP contribution >= 0.6 is 0 Å². The molecule has 0 unspecified atom stereocenters. The lowest BCUT2D eigenvalue weighted by Crippen LogP contribution is -2.30. The van der Waals surface area contributed by atoms with E-state index in [-0.39, 0.29) is 25.4 Å². The molecular formula is C21H22FNO5. The van der Waals surface area contributed by atoms with Crippen LogP contribution in [0.15, 0.2) is 48.5 Å². The van der Waals surface area contributed by atoms with E-state index in [0.717, 1.165) is 0 Å². The highest BCUT2D eigenvalue weighted by molar-refractivity contribution is 5.96. The summed E-state index contributed by atoms with van der Waals surface area (Å²) >= 11 is 0. The third-order valence-corrected chi connectivity index (χ3v) is 3.80. The van der Waals surface area contributed by atoms with Gasteiger partial charge in [-0.15, -0.1) is 0 Å². The number of hydrogen-bond acceptors (Lipinski definition) is 5. The van der Waals surface area contributed by atoms with Gasteiger partial charge in [0.1, 0.15) is 18.1 Å². The number of nitrogens with one attached hydrogen (secondary N) is 1. The van der Waals surface area contributed by atoms with Crippen molar-refractivity contribution in [1.29, 1.82) is 0 Å². The number of hydrogen-bond donors (Lipinski definition) is 1. The lowest BCUT2D eigenvalue weighted by atomic mass is 10.1. The summed E-state index contributed by atoms with van der Waals surface area (Å²) in [4.78, 5) is 35.6. The summed E-state index contributed by atoms with van der Waals surface area (Å²) < 4.78 is 23.1. The number of ketones is 1. The highest BCUT2D eigenvalue weighted by atomic mass is 19.1. The molecule has 0 bridgehead atoms. The summed E-state index contributed by atoms with van der Waals surface area (Å²) in [6.45, 7) is 2.19. The molecule has 6 nitrogen and oxygen atoms in total. The van der Waals surface area contributed by atoms with Gasteiger partial charge in [0.05, 0.1) is 13.2 Å². The Labute approximate surface area is 162 Å². The Bertz CT molecular complexity index is 803. The quantitative estimate of drug-likeness (QED) is 0.385. The Morgan fingerprint density at radius 3 is 2.25 bits per heavy atom. The molecule has 0 aliphatic rings. The van der Waals surface area contributed by atoms with Crippen molar-refractivity contribution in [3.63, 3.8) is 0 Å². The fraction of sp³-hybridized carbons (Fsp3) is 0.286. The summed E-state index contributed by atoms with van der Waals surface area (Å²) in [5.41, 5.74) is 0.816. The summed E-state index contributed by atoms with van der Waals surface area (Å²) in [5, 5.41) is 2.47. The second-order valence-electron chi connectivity index (χ2n) is 5.89. The SMILES string of the molecule is CCOc1ccc(C(=O)NCC(=O)OCCCC(=O)c2ccc(F)cc2)cc1. The van der Waals surface area contributed by atoms with Gasteiger partial charge in [0.2, 0.25) is 0 Å². The van der Waals surface area contributed by atoms with Crippen LogP contribution in [0.2, 0.25) is 0 Å². The molecular weight excluding hydrogens is 365 g/mol. The van der Waals surface area contributed by atoms with Crippen molar-refractivity contribution in [2.24, 2.45) is 0 Å². The van der Waals surface area contributed by atoms with E-state index in [1.807, 2.05) is 6.92 Å². The largest absolute Gasteiger partial charge is 0.494 e. The molecule has 0 spiro atoms. The zero-order chi connectivity index (χ0) is 20.4. The lowest BCUT2D eigenvalue weighted by Gasteiger charge is -2.07. The van der Waals surface area contributed by atoms with Crippen molar-refractivity contribution in [2.75, 3.05) is 19.8 Å². The number of carbonyl (C=O) groups excluding carboxylic acids is 3. The summed E-state index contributed by atoms with van der Waals surface area (Å²) in [7, 11) is 0. The van der Waals surface area contributed by atoms with Crippen molar-refractivity contribution >= 4 is 17.7 Å². The molecule has 0 aromatic heterocycles. The van der Waals surface area contributed by atoms with E-state index in [1.54, 1.807) is 24.3 Å². The molecule has 0 heterocycles. The van der Waals surface area contributed by atoms with E-state index >= 15 is 0 Å². The summed E-state index contributed by atoms with van der Waals surface area (Å²) in [6, 6.07) is 11.8. The molecule has 1 amide bonds. The van der Waals surface area contributed by atoms with Crippen molar-refractivity contribution in [3.8, 4) is 5.75 Å². The van der Waals surface area contributed by atoms with E-state index in [2.05, 4.69) is 5.32 Å². The second kappa shape index (κ2) is 10.8.